The van der Waals surface area contributed by atoms with Crippen molar-refractivity contribution in [1.29, 1.82) is 0 Å². The van der Waals surface area contributed by atoms with Gasteiger partial charge in [0.1, 0.15) is 0 Å². The van der Waals surface area contributed by atoms with Gasteiger partial charge >= 0.3 is 0 Å². The van der Waals surface area contributed by atoms with E-state index in [4.69, 9.17) is 0 Å². The predicted molar refractivity (Wildman–Crippen MR) is 78.0 cm³/mol. The molecule has 1 aliphatic rings. The van der Waals surface area contributed by atoms with Crippen molar-refractivity contribution in [3.05, 3.63) is 35.9 Å². The van der Waals surface area contributed by atoms with Crippen LogP contribution in [0.4, 0.5) is 0 Å². The van der Waals surface area contributed by atoms with Crippen LogP contribution in [0.2, 0.25) is 0 Å². The number of hydrogen-bond donors (Lipinski definition) is 2. The zero-order valence-electron chi connectivity index (χ0n) is 11.7. The number of piperidine rings is 1. The van der Waals surface area contributed by atoms with Crippen LogP contribution in [0.5, 0.6) is 0 Å². The Labute approximate surface area is 115 Å². The van der Waals surface area contributed by atoms with Crippen LogP contribution in [0.15, 0.2) is 30.3 Å². The summed E-state index contributed by atoms with van der Waals surface area (Å²) < 4.78 is 0. The van der Waals surface area contributed by atoms with E-state index in [0.29, 0.717) is 6.04 Å². The molecule has 1 saturated heterocycles. The Morgan fingerprint density at radius 1 is 1.32 bits per heavy atom. The minimum absolute atomic E-state index is 0.0143. The number of rotatable bonds is 5. The van der Waals surface area contributed by atoms with E-state index in [1.807, 2.05) is 6.07 Å². The van der Waals surface area contributed by atoms with Crippen molar-refractivity contribution < 1.29 is 4.79 Å². The largest absolute Gasteiger partial charge is 0.355 e. The molecular formula is C16H24N2O. The summed E-state index contributed by atoms with van der Waals surface area (Å²) in [5.41, 5.74) is 1.33. The molecule has 0 spiro atoms. The van der Waals surface area contributed by atoms with Crippen LogP contribution in [0, 0.1) is 0 Å². The predicted octanol–water partition coefficient (Wildman–Crippen LogP) is 2.27. The van der Waals surface area contributed by atoms with Crippen molar-refractivity contribution in [2.45, 2.75) is 51.1 Å². The number of carbonyl (C=O) groups excluding carboxylic acids is 1. The highest BCUT2D eigenvalue weighted by molar-refractivity contribution is 5.81. The van der Waals surface area contributed by atoms with E-state index in [2.05, 4.69) is 41.8 Å². The summed E-state index contributed by atoms with van der Waals surface area (Å²) in [5, 5.41) is 6.40. The summed E-state index contributed by atoms with van der Waals surface area (Å²) >= 11 is 0. The van der Waals surface area contributed by atoms with Crippen LogP contribution in [0.25, 0.3) is 0 Å². The van der Waals surface area contributed by atoms with Gasteiger partial charge in [0.2, 0.25) is 5.91 Å². The van der Waals surface area contributed by atoms with Crippen molar-refractivity contribution in [2.75, 3.05) is 6.54 Å². The van der Waals surface area contributed by atoms with E-state index < -0.39 is 0 Å². The maximum Gasteiger partial charge on any atom is 0.237 e. The van der Waals surface area contributed by atoms with Crippen molar-refractivity contribution in [3.63, 3.8) is 0 Å². The van der Waals surface area contributed by atoms with Crippen LogP contribution >= 0.6 is 0 Å². The quantitative estimate of drug-likeness (QED) is 0.797. The average molecular weight is 260 g/mol. The molecule has 0 aliphatic carbocycles. The molecule has 3 nitrogen and oxygen atoms in total. The maximum absolute atomic E-state index is 12.0. The van der Waals surface area contributed by atoms with Gasteiger partial charge in [-0.1, -0.05) is 30.3 Å². The van der Waals surface area contributed by atoms with Gasteiger partial charge in [-0.3, -0.25) is 4.79 Å². The molecule has 1 amide bonds. The van der Waals surface area contributed by atoms with E-state index in [1.54, 1.807) is 0 Å². The lowest BCUT2D eigenvalue weighted by molar-refractivity contribution is -0.123. The Morgan fingerprint density at radius 2 is 2.11 bits per heavy atom. The third-order valence-corrected chi connectivity index (χ3v) is 3.72. The first kappa shape index (κ1) is 14.1. The molecule has 2 N–H and O–H groups in total. The van der Waals surface area contributed by atoms with Crippen molar-refractivity contribution in [3.8, 4) is 0 Å². The topological polar surface area (TPSA) is 41.1 Å². The summed E-state index contributed by atoms with van der Waals surface area (Å²) in [4.78, 5) is 12.0. The fraction of sp³-hybridized carbons (Fsp3) is 0.562. The van der Waals surface area contributed by atoms with Crippen LogP contribution in [0.1, 0.15) is 38.2 Å². The summed E-state index contributed by atoms with van der Waals surface area (Å²) in [7, 11) is 0. The molecule has 1 fully saturated rings. The van der Waals surface area contributed by atoms with E-state index >= 15 is 0 Å². The first-order chi connectivity index (χ1) is 9.25. The molecule has 1 heterocycles. The second-order valence-corrected chi connectivity index (χ2v) is 5.43. The number of aryl methyl sites for hydroxylation is 1. The van der Waals surface area contributed by atoms with Gasteiger partial charge in [0, 0.05) is 12.6 Å². The van der Waals surface area contributed by atoms with Crippen molar-refractivity contribution in [2.24, 2.45) is 0 Å². The molecule has 19 heavy (non-hydrogen) atoms. The molecule has 0 radical (unpaired) electrons. The molecular weight excluding hydrogens is 236 g/mol. The Bertz CT molecular complexity index is 391. The molecule has 104 valence electrons. The first-order valence-corrected chi connectivity index (χ1v) is 7.33. The third kappa shape index (κ3) is 4.67. The highest BCUT2D eigenvalue weighted by Crippen LogP contribution is 2.12. The Balaban J connectivity index is 1.64. The molecule has 0 saturated carbocycles. The number of amides is 1. The number of hydrogen-bond acceptors (Lipinski definition) is 2. The fourth-order valence-electron chi connectivity index (χ4n) is 2.62. The van der Waals surface area contributed by atoms with Crippen LogP contribution in [-0.4, -0.2) is 24.5 Å². The first-order valence-electron chi connectivity index (χ1n) is 7.33. The molecule has 2 unspecified atom stereocenters. The number of benzene rings is 1. The summed E-state index contributed by atoms with van der Waals surface area (Å²) in [6.07, 6.45) is 5.32. The highest BCUT2D eigenvalue weighted by atomic mass is 16.2. The zero-order valence-corrected chi connectivity index (χ0v) is 11.7. The Hall–Kier alpha value is -1.35. The minimum Gasteiger partial charge on any atom is -0.355 e. The van der Waals surface area contributed by atoms with Gasteiger partial charge in [-0.2, -0.15) is 0 Å². The smallest absolute Gasteiger partial charge is 0.237 e. The normalized spacial score (nSPS) is 23.0. The SMILES string of the molecule is CC1CCCC(C(=O)NCCCc2ccccc2)N1. The summed E-state index contributed by atoms with van der Waals surface area (Å²) in [6.45, 7) is 2.91. The van der Waals surface area contributed by atoms with Gasteiger partial charge in [0.15, 0.2) is 0 Å². The molecule has 0 bridgehead atoms. The van der Waals surface area contributed by atoms with Gasteiger partial charge in [0.25, 0.3) is 0 Å². The fourth-order valence-corrected chi connectivity index (χ4v) is 2.62. The summed E-state index contributed by atoms with van der Waals surface area (Å²) in [6, 6.07) is 10.9. The zero-order chi connectivity index (χ0) is 13.5. The Morgan fingerprint density at radius 3 is 2.84 bits per heavy atom. The number of nitrogens with one attached hydrogen (secondary N) is 2. The van der Waals surface area contributed by atoms with Crippen molar-refractivity contribution in [1.82, 2.24) is 10.6 Å². The molecule has 1 aromatic carbocycles. The standard InChI is InChI=1S/C16H24N2O/c1-13-7-5-11-15(18-13)16(19)17-12-6-10-14-8-3-2-4-9-14/h2-4,8-9,13,15,18H,5-7,10-12H2,1H3,(H,17,19). The van der Waals surface area contributed by atoms with Crippen LogP contribution in [0.3, 0.4) is 0 Å². The maximum atomic E-state index is 12.0. The monoisotopic (exact) mass is 260 g/mol. The molecule has 2 atom stereocenters. The van der Waals surface area contributed by atoms with Crippen LogP contribution < -0.4 is 10.6 Å². The van der Waals surface area contributed by atoms with Gasteiger partial charge < -0.3 is 10.6 Å². The summed E-state index contributed by atoms with van der Waals surface area (Å²) in [5.74, 6) is 0.166. The average Bonchev–Trinajstić information content (AvgIpc) is 2.44. The van der Waals surface area contributed by atoms with Gasteiger partial charge in [-0.05, 0) is 44.6 Å². The third-order valence-electron chi connectivity index (χ3n) is 3.72. The highest BCUT2D eigenvalue weighted by Gasteiger charge is 2.23. The lowest BCUT2D eigenvalue weighted by atomic mass is 9.99. The van der Waals surface area contributed by atoms with Gasteiger partial charge in [0.05, 0.1) is 6.04 Å². The van der Waals surface area contributed by atoms with E-state index in [1.165, 1.54) is 12.0 Å². The molecule has 3 heteroatoms. The van der Waals surface area contributed by atoms with E-state index in [9.17, 15) is 4.79 Å². The van der Waals surface area contributed by atoms with Gasteiger partial charge in [-0.15, -0.1) is 0 Å². The molecule has 1 aromatic rings. The van der Waals surface area contributed by atoms with Gasteiger partial charge in [-0.25, -0.2) is 0 Å². The molecule has 2 rings (SSSR count). The molecule has 0 aromatic heterocycles. The van der Waals surface area contributed by atoms with Crippen LogP contribution in [-0.2, 0) is 11.2 Å². The second kappa shape index (κ2) is 7.29. The number of carbonyl (C=O) groups is 1. The molecule has 1 aliphatic heterocycles. The van der Waals surface area contributed by atoms with E-state index in [0.717, 1.165) is 32.2 Å². The van der Waals surface area contributed by atoms with E-state index in [-0.39, 0.29) is 11.9 Å². The second-order valence-electron chi connectivity index (χ2n) is 5.43. The lowest BCUT2D eigenvalue weighted by Gasteiger charge is -2.27. The minimum atomic E-state index is 0.0143. The lowest BCUT2D eigenvalue weighted by Crippen LogP contribution is -2.50. The van der Waals surface area contributed by atoms with Crippen molar-refractivity contribution >= 4 is 5.91 Å². The Kier molecular flexibility index (Phi) is 5.40.